The third-order valence-corrected chi connectivity index (χ3v) is 3.93. The van der Waals surface area contributed by atoms with Gasteiger partial charge in [0, 0.05) is 23.8 Å². The summed E-state index contributed by atoms with van der Waals surface area (Å²) in [5, 5.41) is 11.6. The summed E-state index contributed by atoms with van der Waals surface area (Å²) >= 11 is 5.41. The van der Waals surface area contributed by atoms with E-state index in [9.17, 15) is 10.1 Å². The van der Waals surface area contributed by atoms with Crippen molar-refractivity contribution in [2.75, 3.05) is 13.1 Å². The van der Waals surface area contributed by atoms with E-state index >= 15 is 0 Å². The number of non-ortho nitro benzene ring substituents is 1. The summed E-state index contributed by atoms with van der Waals surface area (Å²) < 4.78 is 0.628. The summed E-state index contributed by atoms with van der Waals surface area (Å²) in [6, 6.07) is 4.99. The summed E-state index contributed by atoms with van der Waals surface area (Å²) in [5.74, 6) is 0. The molecule has 1 heterocycles. The highest BCUT2D eigenvalue weighted by Gasteiger charge is 2.33. The van der Waals surface area contributed by atoms with Crippen molar-refractivity contribution in [2.45, 2.75) is 13.8 Å². The Morgan fingerprint density at radius 3 is 2.53 bits per heavy atom. The van der Waals surface area contributed by atoms with Gasteiger partial charge in [0.15, 0.2) is 0 Å². The highest BCUT2D eigenvalue weighted by atomic mass is 32.1. The molecule has 0 spiro atoms. The topological polar surface area (TPSA) is 43.1 Å². The number of benzene rings is 1. The molecule has 1 aliphatic rings. The van der Waals surface area contributed by atoms with Crippen LogP contribution in [0, 0.1) is 10.1 Å². The molecule has 2 rings (SSSR count). The molecule has 1 aromatic carbocycles. The van der Waals surface area contributed by atoms with Crippen molar-refractivity contribution in [3.8, 4) is 0 Å². The Hall–Kier alpha value is -1.46. The fourth-order valence-electron chi connectivity index (χ4n) is 2.41. The van der Waals surface area contributed by atoms with Crippen LogP contribution < -0.4 is 4.48 Å². The highest BCUT2D eigenvalue weighted by Crippen LogP contribution is 2.40. The van der Waals surface area contributed by atoms with Gasteiger partial charge in [-0.15, -0.1) is 0 Å². The van der Waals surface area contributed by atoms with Crippen molar-refractivity contribution in [1.82, 2.24) is 4.48 Å². The second-order valence-electron chi connectivity index (χ2n) is 4.08. The van der Waals surface area contributed by atoms with Crippen molar-refractivity contribution >= 4 is 30.1 Å². The van der Waals surface area contributed by atoms with E-state index in [-0.39, 0.29) is 10.6 Å². The van der Waals surface area contributed by atoms with Crippen LogP contribution in [0.1, 0.15) is 19.4 Å². The van der Waals surface area contributed by atoms with Crippen molar-refractivity contribution < 1.29 is 4.92 Å². The number of rotatable bonds is 3. The Morgan fingerprint density at radius 1 is 1.35 bits per heavy atom. The van der Waals surface area contributed by atoms with Gasteiger partial charge in [0.25, 0.3) is 5.69 Å². The zero-order valence-corrected chi connectivity index (χ0v) is 10.7. The minimum atomic E-state index is -0.373. The maximum Gasteiger partial charge on any atom is 0.270 e. The van der Waals surface area contributed by atoms with E-state index in [2.05, 4.69) is 13.8 Å². The second-order valence-corrected chi connectivity index (χ2v) is 4.50. The Morgan fingerprint density at radius 2 is 2.00 bits per heavy atom. The van der Waals surface area contributed by atoms with Crippen LogP contribution >= 0.6 is 0 Å². The highest BCUT2D eigenvalue weighted by molar-refractivity contribution is 7.63. The van der Waals surface area contributed by atoms with Gasteiger partial charge < -0.3 is 12.6 Å². The lowest BCUT2D eigenvalue weighted by Gasteiger charge is -2.38. The van der Waals surface area contributed by atoms with Crippen molar-refractivity contribution in [3.63, 3.8) is 0 Å². The number of nitrogens with zero attached hydrogens (tertiary/aromatic N) is 2. The monoisotopic (exact) mass is 250 g/mol. The van der Waals surface area contributed by atoms with Gasteiger partial charge in [-0.05, 0) is 25.0 Å². The van der Waals surface area contributed by atoms with E-state index in [4.69, 9.17) is 12.6 Å². The average Bonchev–Trinajstić information content (AvgIpc) is 2.60. The van der Waals surface area contributed by atoms with Gasteiger partial charge in [-0.3, -0.25) is 14.6 Å². The summed E-state index contributed by atoms with van der Waals surface area (Å²) in [6.07, 6.45) is 1.88. The molecule has 17 heavy (non-hydrogen) atoms. The van der Waals surface area contributed by atoms with Gasteiger partial charge in [0.1, 0.15) is 5.69 Å². The smallest absolute Gasteiger partial charge is 0.270 e. The molecule has 90 valence electrons. The Bertz CT molecular complexity index is 507. The minimum Gasteiger partial charge on any atom is -0.721 e. The van der Waals surface area contributed by atoms with E-state index in [0.29, 0.717) is 4.48 Å². The first-order valence-corrected chi connectivity index (χ1v) is 6.01. The first kappa shape index (κ1) is 12.0. The zero-order valence-electron chi connectivity index (χ0n) is 9.84. The van der Waals surface area contributed by atoms with Gasteiger partial charge in [0.2, 0.25) is 0 Å². The van der Waals surface area contributed by atoms with E-state index in [1.165, 1.54) is 0 Å². The molecule has 0 atom stereocenters. The molecule has 1 aliphatic heterocycles. The Balaban J connectivity index is 2.59. The number of quaternary nitrogens is 1. The predicted octanol–water partition coefficient (Wildman–Crippen LogP) is 2.80. The van der Waals surface area contributed by atoms with Crippen LogP contribution in [0.4, 0.5) is 11.4 Å². The maximum absolute atomic E-state index is 10.7. The van der Waals surface area contributed by atoms with E-state index in [1.54, 1.807) is 12.1 Å². The van der Waals surface area contributed by atoms with Gasteiger partial charge in [0.05, 0.1) is 18.0 Å². The third kappa shape index (κ3) is 1.62. The van der Waals surface area contributed by atoms with Crippen LogP contribution in [0.3, 0.4) is 0 Å². The summed E-state index contributed by atoms with van der Waals surface area (Å²) in [5.41, 5.74) is 2.08. The first-order chi connectivity index (χ1) is 8.05. The standard InChI is InChI=1S/C12H14N2O2S/c1-3-14(4-2)11-6-5-10(13(15)16)7-9(11)8-12(14)17/h5-8H,3-4H2,1-2H3. The molecule has 0 fully saturated rings. The lowest BCUT2D eigenvalue weighted by atomic mass is 10.1. The number of hydrogen-bond donors (Lipinski definition) is 0. The molecule has 0 bridgehead atoms. The number of hydrogen-bond acceptors (Lipinski definition) is 3. The Kier molecular flexibility index (Phi) is 2.89. The maximum atomic E-state index is 10.7. The molecule has 0 amide bonds. The van der Waals surface area contributed by atoms with Gasteiger partial charge in [-0.1, -0.05) is 0 Å². The van der Waals surface area contributed by atoms with Crippen LogP contribution in [0.2, 0.25) is 0 Å². The molecular formula is C12H14N2O2S. The third-order valence-electron chi connectivity index (χ3n) is 3.46. The van der Waals surface area contributed by atoms with Gasteiger partial charge >= 0.3 is 0 Å². The van der Waals surface area contributed by atoms with Crippen molar-refractivity contribution in [1.29, 1.82) is 0 Å². The average molecular weight is 250 g/mol. The molecule has 0 aliphatic carbocycles. The van der Waals surface area contributed by atoms with Crippen LogP contribution in [0.5, 0.6) is 0 Å². The van der Waals surface area contributed by atoms with E-state index in [0.717, 1.165) is 29.4 Å². The van der Waals surface area contributed by atoms with Gasteiger partial charge in [-0.25, -0.2) is 0 Å². The number of nitro benzene ring substituents is 1. The van der Waals surface area contributed by atoms with Crippen LogP contribution in [0.15, 0.2) is 23.2 Å². The normalized spacial score (nSPS) is 16.5. The lowest BCUT2D eigenvalue weighted by molar-refractivity contribution is -0.384. The fraction of sp³-hybridized carbons (Fsp3) is 0.333. The van der Waals surface area contributed by atoms with E-state index in [1.807, 2.05) is 12.1 Å². The molecule has 1 aromatic rings. The quantitative estimate of drug-likeness (QED) is 0.358. The SMILES string of the molecule is CC[N+]1(CC)C([S-])=Cc2cc([N+](=O)[O-])ccc21. The molecule has 0 unspecified atom stereocenters. The summed E-state index contributed by atoms with van der Waals surface area (Å²) in [6.45, 7) is 5.91. The van der Waals surface area contributed by atoms with Crippen molar-refractivity contribution in [2.24, 2.45) is 0 Å². The Labute approximate surface area is 106 Å². The van der Waals surface area contributed by atoms with Crippen LogP contribution in [-0.2, 0) is 12.6 Å². The number of fused-ring (bicyclic) bond motifs is 1. The molecule has 0 aromatic heterocycles. The lowest BCUT2D eigenvalue weighted by Crippen LogP contribution is -2.45. The molecule has 0 saturated heterocycles. The summed E-state index contributed by atoms with van der Waals surface area (Å²) in [7, 11) is 0. The predicted molar refractivity (Wildman–Crippen MR) is 71.3 cm³/mol. The zero-order chi connectivity index (χ0) is 12.6. The summed E-state index contributed by atoms with van der Waals surface area (Å²) in [4.78, 5) is 10.4. The van der Waals surface area contributed by atoms with Crippen molar-refractivity contribution in [3.05, 3.63) is 38.9 Å². The van der Waals surface area contributed by atoms with Gasteiger partial charge in [-0.2, -0.15) is 0 Å². The van der Waals surface area contributed by atoms with E-state index < -0.39 is 0 Å². The van der Waals surface area contributed by atoms with Crippen LogP contribution in [0.25, 0.3) is 6.08 Å². The molecular weight excluding hydrogens is 236 g/mol. The number of nitro groups is 1. The molecule has 5 heteroatoms. The largest absolute Gasteiger partial charge is 0.721 e. The molecule has 4 nitrogen and oxygen atoms in total. The molecule has 0 radical (unpaired) electrons. The molecule has 0 saturated carbocycles. The van der Waals surface area contributed by atoms with Crippen LogP contribution in [-0.4, -0.2) is 18.0 Å². The second kappa shape index (κ2) is 4.09. The first-order valence-electron chi connectivity index (χ1n) is 5.60. The minimum absolute atomic E-state index is 0.120. The molecule has 0 N–H and O–H groups in total. The fourth-order valence-corrected chi connectivity index (χ4v) is 2.90.